The molecule has 154 valence electrons. The summed E-state index contributed by atoms with van der Waals surface area (Å²) in [7, 11) is 1.61. The quantitative estimate of drug-likeness (QED) is 0.471. The smallest absolute Gasteiger partial charge is 0.264 e. The van der Waals surface area contributed by atoms with E-state index in [1.807, 2.05) is 41.8 Å². The third-order valence-corrected chi connectivity index (χ3v) is 5.90. The lowest BCUT2D eigenvalue weighted by atomic mass is 10.3. The monoisotopic (exact) mass is 478 g/mol. The number of rotatable bonds is 9. The average Bonchev–Trinajstić information content (AvgIpc) is 3.28. The summed E-state index contributed by atoms with van der Waals surface area (Å²) in [6, 6.07) is 11.3. The van der Waals surface area contributed by atoms with Gasteiger partial charge < -0.3 is 14.2 Å². The first-order chi connectivity index (χ1) is 14.0. The predicted octanol–water partition coefficient (Wildman–Crippen LogP) is 4.00. The van der Waals surface area contributed by atoms with Crippen molar-refractivity contribution < 1.29 is 14.3 Å². The molecule has 9 heteroatoms. The van der Waals surface area contributed by atoms with Crippen LogP contribution in [0.4, 0.5) is 5.95 Å². The molecule has 2 aromatic heterocycles. The Balaban J connectivity index is 1.69. The zero-order valence-corrected chi connectivity index (χ0v) is 18.8. The molecule has 0 aliphatic heterocycles. The van der Waals surface area contributed by atoms with Crippen LogP contribution < -0.4 is 5.32 Å². The van der Waals surface area contributed by atoms with Crippen LogP contribution in [0.1, 0.15) is 23.0 Å². The molecule has 0 atom stereocenters. The second-order valence-corrected chi connectivity index (χ2v) is 8.90. The highest BCUT2D eigenvalue weighted by molar-refractivity contribution is 9.11. The maximum Gasteiger partial charge on any atom is 0.264 e. The number of aryl methyl sites for hydroxylation is 1. The first kappa shape index (κ1) is 21.5. The molecule has 0 aliphatic carbocycles. The van der Waals surface area contributed by atoms with E-state index in [0.29, 0.717) is 30.6 Å². The van der Waals surface area contributed by atoms with Crippen molar-refractivity contribution in [2.24, 2.45) is 0 Å². The Morgan fingerprint density at radius 2 is 2.07 bits per heavy atom. The van der Waals surface area contributed by atoms with Crippen molar-refractivity contribution >= 4 is 56.1 Å². The van der Waals surface area contributed by atoms with Crippen molar-refractivity contribution in [1.29, 1.82) is 0 Å². The summed E-state index contributed by atoms with van der Waals surface area (Å²) in [5, 5.41) is 2.86. The molecule has 0 radical (unpaired) electrons. The molecule has 0 saturated carbocycles. The predicted molar refractivity (Wildman–Crippen MR) is 118 cm³/mol. The van der Waals surface area contributed by atoms with Crippen molar-refractivity contribution in [2.75, 3.05) is 32.1 Å². The lowest BCUT2D eigenvalue weighted by molar-refractivity contribution is -0.116. The molecule has 0 bridgehead atoms. The number of anilines is 1. The SMILES string of the molecule is CCOCCCn1c(NC(=O)CN(C)C(=O)c2ccc(Br)s2)nc2ccccc21. The summed E-state index contributed by atoms with van der Waals surface area (Å²) in [4.78, 5) is 31.6. The van der Waals surface area contributed by atoms with E-state index < -0.39 is 0 Å². The molecule has 1 aromatic carbocycles. The van der Waals surface area contributed by atoms with Gasteiger partial charge in [-0.3, -0.25) is 14.9 Å². The topological polar surface area (TPSA) is 76.5 Å². The average molecular weight is 479 g/mol. The number of nitrogens with one attached hydrogen (secondary N) is 1. The summed E-state index contributed by atoms with van der Waals surface area (Å²) in [5.74, 6) is -0.00804. The van der Waals surface area contributed by atoms with Gasteiger partial charge in [-0.2, -0.15) is 0 Å². The van der Waals surface area contributed by atoms with Crippen LogP contribution in [0.5, 0.6) is 0 Å². The molecule has 29 heavy (non-hydrogen) atoms. The van der Waals surface area contributed by atoms with Crippen LogP contribution in [-0.4, -0.2) is 53.1 Å². The minimum absolute atomic E-state index is 0.0590. The number of para-hydroxylation sites is 2. The van der Waals surface area contributed by atoms with Crippen LogP contribution in [0.15, 0.2) is 40.2 Å². The van der Waals surface area contributed by atoms with Crippen LogP contribution in [0.2, 0.25) is 0 Å². The fraction of sp³-hybridized carbons (Fsp3) is 0.350. The van der Waals surface area contributed by atoms with Crippen molar-refractivity contribution in [1.82, 2.24) is 14.5 Å². The van der Waals surface area contributed by atoms with Crippen molar-refractivity contribution in [3.8, 4) is 0 Å². The number of carbonyl (C=O) groups excluding carboxylic acids is 2. The lowest BCUT2D eigenvalue weighted by Gasteiger charge is -2.16. The molecule has 3 rings (SSSR count). The Morgan fingerprint density at radius 3 is 2.79 bits per heavy atom. The van der Waals surface area contributed by atoms with Gasteiger partial charge in [0.15, 0.2) is 0 Å². The van der Waals surface area contributed by atoms with Gasteiger partial charge in [-0.25, -0.2) is 4.98 Å². The maximum atomic E-state index is 12.6. The van der Waals surface area contributed by atoms with E-state index in [1.165, 1.54) is 16.2 Å². The summed E-state index contributed by atoms with van der Waals surface area (Å²) in [6.07, 6.45) is 0.808. The molecular formula is C20H23BrN4O3S. The van der Waals surface area contributed by atoms with Crippen LogP contribution >= 0.6 is 27.3 Å². The number of aromatic nitrogens is 2. The van der Waals surface area contributed by atoms with E-state index >= 15 is 0 Å². The number of carbonyl (C=O) groups is 2. The number of likely N-dealkylation sites (N-methyl/N-ethyl adjacent to an activating group) is 1. The molecular weight excluding hydrogens is 456 g/mol. The van der Waals surface area contributed by atoms with Crippen LogP contribution in [-0.2, 0) is 16.1 Å². The largest absolute Gasteiger partial charge is 0.382 e. The number of nitrogens with zero attached hydrogens (tertiary/aromatic N) is 3. The Hall–Kier alpha value is -2.23. The fourth-order valence-electron chi connectivity index (χ4n) is 2.94. The molecule has 3 aromatic rings. The number of imidazole rings is 1. The van der Waals surface area contributed by atoms with E-state index in [2.05, 4.69) is 26.2 Å². The number of halogens is 1. The van der Waals surface area contributed by atoms with Gasteiger partial charge in [-0.1, -0.05) is 12.1 Å². The van der Waals surface area contributed by atoms with Gasteiger partial charge in [0.05, 0.1) is 26.2 Å². The number of benzene rings is 1. The van der Waals surface area contributed by atoms with Crippen molar-refractivity contribution in [3.63, 3.8) is 0 Å². The van der Waals surface area contributed by atoms with Crippen molar-refractivity contribution in [3.05, 3.63) is 45.1 Å². The van der Waals surface area contributed by atoms with Gasteiger partial charge in [0.1, 0.15) is 0 Å². The Kier molecular flexibility index (Phi) is 7.40. The standard InChI is InChI=1S/C20H23BrN4O3S/c1-3-28-12-6-11-25-15-8-5-4-7-14(15)22-20(25)23-18(26)13-24(2)19(27)16-9-10-17(21)29-16/h4-5,7-10H,3,6,11-13H2,1-2H3,(H,22,23,26). The number of hydrogen-bond donors (Lipinski definition) is 1. The molecule has 1 N–H and O–H groups in total. The summed E-state index contributed by atoms with van der Waals surface area (Å²) in [5.41, 5.74) is 1.76. The van der Waals surface area contributed by atoms with Crippen molar-refractivity contribution in [2.45, 2.75) is 19.9 Å². The number of thiophene rings is 1. The summed E-state index contributed by atoms with van der Waals surface area (Å²) >= 11 is 4.69. The normalized spacial score (nSPS) is 11.0. The van der Waals surface area contributed by atoms with Gasteiger partial charge in [0.2, 0.25) is 11.9 Å². The first-order valence-electron chi connectivity index (χ1n) is 9.33. The van der Waals surface area contributed by atoms with Gasteiger partial charge in [-0.05, 0) is 53.5 Å². The number of fused-ring (bicyclic) bond motifs is 1. The highest BCUT2D eigenvalue weighted by atomic mass is 79.9. The van der Waals surface area contributed by atoms with Crippen LogP contribution in [0.25, 0.3) is 11.0 Å². The zero-order valence-electron chi connectivity index (χ0n) is 16.4. The Morgan fingerprint density at radius 1 is 1.28 bits per heavy atom. The highest BCUT2D eigenvalue weighted by Gasteiger charge is 2.19. The Bertz CT molecular complexity index is 1000. The second-order valence-electron chi connectivity index (χ2n) is 6.44. The van der Waals surface area contributed by atoms with Crippen LogP contribution in [0, 0.1) is 0 Å². The highest BCUT2D eigenvalue weighted by Crippen LogP contribution is 2.23. The molecule has 0 aliphatic rings. The van der Waals surface area contributed by atoms with E-state index in [9.17, 15) is 9.59 Å². The third kappa shape index (κ3) is 5.43. The van der Waals surface area contributed by atoms with E-state index in [1.54, 1.807) is 13.1 Å². The maximum absolute atomic E-state index is 12.6. The van der Waals surface area contributed by atoms with E-state index in [4.69, 9.17) is 4.74 Å². The molecule has 0 unspecified atom stereocenters. The summed E-state index contributed by atoms with van der Waals surface area (Å²) in [6.45, 7) is 3.90. The number of hydrogen-bond acceptors (Lipinski definition) is 5. The minimum atomic E-state index is -0.294. The number of ether oxygens (including phenoxy) is 1. The van der Waals surface area contributed by atoms with Gasteiger partial charge in [0.25, 0.3) is 5.91 Å². The minimum Gasteiger partial charge on any atom is -0.382 e. The molecule has 0 fully saturated rings. The third-order valence-electron chi connectivity index (χ3n) is 4.29. The fourth-order valence-corrected chi connectivity index (χ4v) is 4.32. The van der Waals surface area contributed by atoms with E-state index in [0.717, 1.165) is 21.2 Å². The van der Waals surface area contributed by atoms with Crippen LogP contribution in [0.3, 0.4) is 0 Å². The molecule has 0 spiro atoms. The van der Waals surface area contributed by atoms with Gasteiger partial charge in [0, 0.05) is 26.8 Å². The molecule has 2 heterocycles. The Labute approximate surface area is 181 Å². The van der Waals surface area contributed by atoms with Gasteiger partial charge in [-0.15, -0.1) is 11.3 Å². The lowest BCUT2D eigenvalue weighted by Crippen LogP contribution is -2.35. The molecule has 0 saturated heterocycles. The zero-order chi connectivity index (χ0) is 20.8. The second kappa shape index (κ2) is 10.00. The molecule has 7 nitrogen and oxygen atoms in total. The summed E-state index contributed by atoms with van der Waals surface area (Å²) < 4.78 is 8.27. The first-order valence-corrected chi connectivity index (χ1v) is 10.9. The van der Waals surface area contributed by atoms with E-state index in [-0.39, 0.29) is 18.4 Å². The van der Waals surface area contributed by atoms with Gasteiger partial charge >= 0.3 is 0 Å². The molecule has 2 amide bonds. The number of amides is 2.